The van der Waals surface area contributed by atoms with Gasteiger partial charge in [0, 0.05) is 31.1 Å². The summed E-state index contributed by atoms with van der Waals surface area (Å²) in [5.41, 5.74) is 5.28. The summed E-state index contributed by atoms with van der Waals surface area (Å²) < 4.78 is 1.98. The van der Waals surface area contributed by atoms with E-state index in [1.807, 2.05) is 34.9 Å². The molecule has 1 aromatic heterocycles. The average molecular weight is 465 g/mol. The Bertz CT molecular complexity index is 1120. The average Bonchev–Trinajstić information content (AvgIpc) is 3.16. The van der Waals surface area contributed by atoms with Gasteiger partial charge in [-0.15, -0.1) is 10.2 Å². The molecule has 1 amide bonds. The number of rotatable bonds is 10. The minimum atomic E-state index is -0.0770. The van der Waals surface area contributed by atoms with Gasteiger partial charge in [0.05, 0.1) is 5.75 Å². The summed E-state index contributed by atoms with van der Waals surface area (Å²) in [4.78, 5) is 24.1. The van der Waals surface area contributed by atoms with Crippen molar-refractivity contribution in [3.05, 3.63) is 70.5 Å². The zero-order valence-corrected chi connectivity index (χ0v) is 20.8. The van der Waals surface area contributed by atoms with Crippen LogP contribution in [-0.4, -0.2) is 38.8 Å². The second-order valence-electron chi connectivity index (χ2n) is 8.74. The summed E-state index contributed by atoms with van der Waals surface area (Å²) in [7, 11) is 0. The predicted molar refractivity (Wildman–Crippen MR) is 133 cm³/mol. The molecule has 3 rings (SSSR count). The Balaban J connectivity index is 1.78. The number of hydrogen-bond donors (Lipinski definition) is 1. The molecule has 0 saturated heterocycles. The first-order chi connectivity index (χ1) is 15.7. The van der Waals surface area contributed by atoms with Crippen molar-refractivity contribution in [3.63, 3.8) is 0 Å². The topological polar surface area (TPSA) is 76.9 Å². The van der Waals surface area contributed by atoms with Crippen molar-refractivity contribution in [3.8, 4) is 5.69 Å². The first kappa shape index (κ1) is 24.7. The second-order valence-corrected chi connectivity index (χ2v) is 9.68. The van der Waals surface area contributed by atoms with E-state index in [4.69, 9.17) is 0 Å². The van der Waals surface area contributed by atoms with E-state index in [9.17, 15) is 9.59 Å². The van der Waals surface area contributed by atoms with Crippen molar-refractivity contribution >= 4 is 23.5 Å². The molecule has 6 nitrogen and oxygen atoms in total. The lowest BCUT2D eigenvalue weighted by molar-refractivity contribution is -0.118. The monoisotopic (exact) mass is 464 g/mol. The van der Waals surface area contributed by atoms with E-state index in [-0.39, 0.29) is 17.4 Å². The zero-order chi connectivity index (χ0) is 24.0. The molecule has 0 spiro atoms. The fourth-order valence-corrected chi connectivity index (χ4v) is 4.41. The van der Waals surface area contributed by atoms with Crippen LogP contribution in [0.25, 0.3) is 5.69 Å². The van der Waals surface area contributed by atoms with E-state index in [1.54, 1.807) is 0 Å². The molecule has 0 aliphatic rings. The summed E-state index contributed by atoms with van der Waals surface area (Å²) in [6.07, 6.45) is 1.55. The zero-order valence-electron chi connectivity index (χ0n) is 20.0. The van der Waals surface area contributed by atoms with Crippen LogP contribution in [0.5, 0.6) is 0 Å². The fourth-order valence-electron chi connectivity index (χ4n) is 3.54. The highest BCUT2D eigenvalue weighted by Crippen LogP contribution is 2.25. The molecule has 0 fully saturated rings. The summed E-state index contributed by atoms with van der Waals surface area (Å²) in [5.74, 6) is 1.59. The third kappa shape index (κ3) is 6.78. The van der Waals surface area contributed by atoms with Crippen LogP contribution in [0.3, 0.4) is 0 Å². The second kappa shape index (κ2) is 11.3. The molecule has 0 radical (unpaired) electrons. The maximum atomic E-state index is 12.8. The molecule has 1 heterocycles. The number of carbonyl (C=O) groups excluding carboxylic acids is 2. The Labute approximate surface area is 200 Å². The quantitative estimate of drug-likeness (QED) is 0.347. The highest BCUT2D eigenvalue weighted by molar-refractivity contribution is 7.99. The largest absolute Gasteiger partial charge is 0.356 e. The molecule has 3 aromatic rings. The molecule has 2 aromatic carbocycles. The molecule has 0 bridgehead atoms. The van der Waals surface area contributed by atoms with Gasteiger partial charge in [-0.25, -0.2) is 0 Å². The van der Waals surface area contributed by atoms with Crippen LogP contribution in [0.2, 0.25) is 0 Å². The molecule has 0 aliphatic carbocycles. The van der Waals surface area contributed by atoms with Gasteiger partial charge < -0.3 is 5.32 Å². The number of aryl methyl sites for hydroxylation is 2. The molecule has 0 atom stereocenters. The van der Waals surface area contributed by atoms with Crippen molar-refractivity contribution in [1.82, 2.24) is 20.1 Å². The highest BCUT2D eigenvalue weighted by Gasteiger charge is 2.17. The third-order valence-corrected chi connectivity index (χ3v) is 6.35. The Hall–Kier alpha value is -2.93. The number of thioether (sulfide) groups is 1. The van der Waals surface area contributed by atoms with Gasteiger partial charge in [0.15, 0.2) is 10.9 Å². The fraction of sp³-hybridized carbons (Fsp3) is 0.385. The van der Waals surface area contributed by atoms with E-state index in [0.29, 0.717) is 29.6 Å². The Morgan fingerprint density at radius 2 is 1.76 bits per heavy atom. The lowest BCUT2D eigenvalue weighted by Crippen LogP contribution is -2.23. The van der Waals surface area contributed by atoms with Gasteiger partial charge in [0.2, 0.25) is 5.91 Å². The molecule has 0 saturated carbocycles. The number of ketones is 1. The van der Waals surface area contributed by atoms with E-state index in [2.05, 4.69) is 55.3 Å². The smallest absolute Gasteiger partial charge is 0.216 e. The first-order valence-electron chi connectivity index (χ1n) is 11.3. The standard InChI is InChI=1S/C26H32N4O2S/c1-17(2)14-21-7-9-22(10-8-21)24(32)16-33-26-29-28-25(12-13-27-20(5)31)30(26)23-11-6-18(3)19(4)15-23/h6-11,15,17H,12-14,16H2,1-5H3,(H,27,31). The predicted octanol–water partition coefficient (Wildman–Crippen LogP) is 4.74. The van der Waals surface area contributed by atoms with Crippen LogP contribution in [0.4, 0.5) is 0 Å². The Kier molecular flexibility index (Phi) is 8.44. The molecule has 33 heavy (non-hydrogen) atoms. The van der Waals surface area contributed by atoms with E-state index in [0.717, 1.165) is 17.9 Å². The molecule has 1 N–H and O–H groups in total. The van der Waals surface area contributed by atoms with Gasteiger partial charge in [0.1, 0.15) is 5.82 Å². The number of Topliss-reactive ketones (excluding diaryl/α,β-unsaturated/α-hetero) is 1. The molecule has 7 heteroatoms. The molecule has 174 valence electrons. The number of amides is 1. The molecule has 0 aliphatic heterocycles. The Morgan fingerprint density at radius 3 is 2.39 bits per heavy atom. The van der Waals surface area contributed by atoms with Gasteiger partial charge in [0.25, 0.3) is 0 Å². The number of aromatic nitrogens is 3. The number of benzene rings is 2. The van der Waals surface area contributed by atoms with Crippen LogP contribution in [0.1, 0.15) is 53.6 Å². The summed E-state index contributed by atoms with van der Waals surface area (Å²) in [5, 5.41) is 12.2. The van der Waals surface area contributed by atoms with Crippen LogP contribution in [0, 0.1) is 19.8 Å². The van der Waals surface area contributed by atoms with Gasteiger partial charge >= 0.3 is 0 Å². The third-order valence-electron chi connectivity index (χ3n) is 5.42. The van der Waals surface area contributed by atoms with Gasteiger partial charge in [-0.1, -0.05) is 55.9 Å². The normalized spacial score (nSPS) is 11.1. The van der Waals surface area contributed by atoms with Crippen molar-refractivity contribution < 1.29 is 9.59 Å². The number of nitrogens with zero attached hydrogens (tertiary/aromatic N) is 3. The Morgan fingerprint density at radius 1 is 1.03 bits per heavy atom. The summed E-state index contributed by atoms with van der Waals surface area (Å²) in [6, 6.07) is 14.1. The van der Waals surface area contributed by atoms with Crippen LogP contribution in [-0.2, 0) is 17.6 Å². The van der Waals surface area contributed by atoms with Gasteiger partial charge in [-0.05, 0) is 55.0 Å². The van der Waals surface area contributed by atoms with Gasteiger partial charge in [-0.3, -0.25) is 14.2 Å². The molecule has 0 unspecified atom stereocenters. The van der Waals surface area contributed by atoms with Crippen LogP contribution < -0.4 is 5.32 Å². The van der Waals surface area contributed by atoms with E-state index < -0.39 is 0 Å². The highest BCUT2D eigenvalue weighted by atomic mass is 32.2. The van der Waals surface area contributed by atoms with Crippen LogP contribution >= 0.6 is 11.8 Å². The maximum Gasteiger partial charge on any atom is 0.216 e. The number of hydrogen-bond acceptors (Lipinski definition) is 5. The SMILES string of the molecule is CC(=O)NCCc1nnc(SCC(=O)c2ccc(CC(C)C)cc2)n1-c1ccc(C)c(C)c1. The van der Waals surface area contributed by atoms with E-state index >= 15 is 0 Å². The minimum absolute atomic E-state index is 0.0607. The molecular weight excluding hydrogens is 432 g/mol. The van der Waals surface area contributed by atoms with Gasteiger partial charge in [-0.2, -0.15) is 0 Å². The van der Waals surface area contributed by atoms with Crippen molar-refractivity contribution in [2.24, 2.45) is 5.92 Å². The minimum Gasteiger partial charge on any atom is -0.356 e. The lowest BCUT2D eigenvalue weighted by Gasteiger charge is -2.12. The summed E-state index contributed by atoms with van der Waals surface area (Å²) in [6.45, 7) is 10.5. The lowest BCUT2D eigenvalue weighted by atomic mass is 10.0. The van der Waals surface area contributed by atoms with Crippen molar-refractivity contribution in [2.75, 3.05) is 12.3 Å². The first-order valence-corrected chi connectivity index (χ1v) is 12.2. The number of nitrogens with one attached hydrogen (secondary N) is 1. The number of carbonyl (C=O) groups is 2. The maximum absolute atomic E-state index is 12.8. The van der Waals surface area contributed by atoms with Crippen molar-refractivity contribution in [1.29, 1.82) is 0 Å². The van der Waals surface area contributed by atoms with E-state index in [1.165, 1.54) is 35.4 Å². The molecular formula is C26H32N4O2S. The van der Waals surface area contributed by atoms with Crippen LogP contribution in [0.15, 0.2) is 47.6 Å². The summed E-state index contributed by atoms with van der Waals surface area (Å²) >= 11 is 1.38. The van der Waals surface area contributed by atoms with Crippen molar-refractivity contribution in [2.45, 2.75) is 52.6 Å².